The van der Waals surface area contributed by atoms with Gasteiger partial charge in [-0.05, 0) is 38.8 Å². The van der Waals surface area contributed by atoms with Crippen LogP contribution in [0.1, 0.15) is 17.8 Å². The van der Waals surface area contributed by atoms with Crippen molar-refractivity contribution in [3.8, 4) is 0 Å². The fourth-order valence-corrected chi connectivity index (χ4v) is 2.83. The molecule has 2 rings (SSSR count). The summed E-state index contributed by atoms with van der Waals surface area (Å²) in [5.41, 5.74) is -0.652. The molecule has 0 radical (unpaired) electrons. The summed E-state index contributed by atoms with van der Waals surface area (Å²) in [6, 6.07) is 0. The maximum absolute atomic E-state index is 12.8. The van der Waals surface area contributed by atoms with Gasteiger partial charge in [-0.15, -0.1) is 0 Å². The van der Waals surface area contributed by atoms with Crippen molar-refractivity contribution in [2.75, 3.05) is 6.54 Å². The normalized spacial score (nSPS) is 11.8. The first kappa shape index (κ1) is 19.0. The van der Waals surface area contributed by atoms with Crippen LogP contribution in [0, 0.1) is 6.92 Å². The van der Waals surface area contributed by atoms with Crippen LogP contribution in [0.15, 0.2) is 21.3 Å². The third-order valence-electron chi connectivity index (χ3n) is 3.22. The molecule has 1 amide bonds. The zero-order chi connectivity index (χ0) is 17.9. The number of nitrogens with one attached hydrogen (secondary N) is 1. The van der Waals surface area contributed by atoms with Gasteiger partial charge in [-0.3, -0.25) is 14.2 Å². The summed E-state index contributed by atoms with van der Waals surface area (Å²) in [5.74, 6) is -0.263. The van der Waals surface area contributed by atoms with E-state index >= 15 is 0 Å². The number of amides is 1. The number of halogens is 5. The van der Waals surface area contributed by atoms with Gasteiger partial charge in [0, 0.05) is 19.2 Å². The highest BCUT2D eigenvalue weighted by Gasteiger charge is 2.37. The van der Waals surface area contributed by atoms with E-state index in [1.54, 1.807) is 17.1 Å². The Balaban J connectivity index is 1.83. The van der Waals surface area contributed by atoms with Gasteiger partial charge in [0.15, 0.2) is 5.69 Å². The molecular weight excluding hydrogens is 459 g/mol. The highest BCUT2D eigenvalue weighted by molar-refractivity contribution is 9.10. The molecule has 0 unspecified atom stereocenters. The van der Waals surface area contributed by atoms with Crippen LogP contribution in [-0.4, -0.2) is 32.0 Å². The number of hydrogen-bond acceptors (Lipinski definition) is 3. The third-order valence-corrected chi connectivity index (χ3v) is 4.58. The molecule has 2 aromatic rings. The second-order valence-electron chi connectivity index (χ2n) is 4.99. The van der Waals surface area contributed by atoms with Gasteiger partial charge in [0.25, 0.3) is 0 Å². The summed E-state index contributed by atoms with van der Waals surface area (Å²) in [6.07, 6.45) is -1.09. The van der Waals surface area contributed by atoms with Crippen molar-refractivity contribution in [3.05, 3.63) is 32.7 Å². The van der Waals surface area contributed by atoms with E-state index in [2.05, 4.69) is 47.4 Å². The van der Waals surface area contributed by atoms with Crippen LogP contribution in [0.25, 0.3) is 0 Å². The average Bonchev–Trinajstić information content (AvgIpc) is 3.02. The number of carbonyl (C=O) groups excluding carboxylic acids is 1. The Morgan fingerprint density at radius 3 is 2.58 bits per heavy atom. The molecule has 1 N–H and O–H groups in total. The zero-order valence-corrected chi connectivity index (χ0v) is 15.7. The van der Waals surface area contributed by atoms with E-state index in [9.17, 15) is 18.0 Å². The lowest BCUT2D eigenvalue weighted by molar-refractivity contribution is -0.142. The molecule has 11 heteroatoms. The van der Waals surface area contributed by atoms with E-state index < -0.39 is 11.9 Å². The highest BCUT2D eigenvalue weighted by atomic mass is 79.9. The fraction of sp³-hybridized carbons (Fsp3) is 0.462. The van der Waals surface area contributed by atoms with Crippen molar-refractivity contribution in [3.63, 3.8) is 0 Å². The SMILES string of the molecule is Cc1c(Br)c(C(F)(F)F)nn1CCC(=O)NCCn1cc(Br)cn1. The van der Waals surface area contributed by atoms with Crippen LogP contribution in [0.5, 0.6) is 0 Å². The van der Waals surface area contributed by atoms with Crippen molar-refractivity contribution in [2.24, 2.45) is 0 Å². The van der Waals surface area contributed by atoms with Crippen LogP contribution in [0.4, 0.5) is 13.2 Å². The van der Waals surface area contributed by atoms with Gasteiger partial charge in [-0.25, -0.2) is 0 Å². The van der Waals surface area contributed by atoms with Gasteiger partial charge in [0.1, 0.15) is 0 Å². The Morgan fingerprint density at radius 1 is 1.33 bits per heavy atom. The zero-order valence-electron chi connectivity index (χ0n) is 12.6. The van der Waals surface area contributed by atoms with Crippen molar-refractivity contribution in [2.45, 2.75) is 32.6 Å². The predicted molar refractivity (Wildman–Crippen MR) is 87.2 cm³/mol. The Kier molecular flexibility index (Phi) is 6.07. The molecule has 0 fully saturated rings. The average molecular weight is 473 g/mol. The van der Waals surface area contributed by atoms with Gasteiger partial charge in [-0.1, -0.05) is 0 Å². The number of aromatic nitrogens is 4. The second-order valence-corrected chi connectivity index (χ2v) is 6.70. The summed E-state index contributed by atoms with van der Waals surface area (Å²) < 4.78 is 41.9. The monoisotopic (exact) mass is 471 g/mol. The molecular formula is C13H14Br2F3N5O. The van der Waals surface area contributed by atoms with E-state index in [1.165, 1.54) is 11.6 Å². The summed E-state index contributed by atoms with van der Waals surface area (Å²) in [4.78, 5) is 11.8. The van der Waals surface area contributed by atoms with Crippen LogP contribution < -0.4 is 5.32 Å². The van der Waals surface area contributed by atoms with Gasteiger partial charge in [0.05, 0.1) is 33.9 Å². The predicted octanol–water partition coefficient (Wildman–Crippen LogP) is 3.14. The largest absolute Gasteiger partial charge is 0.436 e. The molecule has 24 heavy (non-hydrogen) atoms. The van der Waals surface area contributed by atoms with Crippen molar-refractivity contribution < 1.29 is 18.0 Å². The minimum absolute atomic E-state index is 0.0368. The quantitative estimate of drug-likeness (QED) is 0.702. The van der Waals surface area contributed by atoms with Gasteiger partial charge in [0.2, 0.25) is 5.91 Å². The topological polar surface area (TPSA) is 64.7 Å². The maximum Gasteiger partial charge on any atom is 0.436 e. The highest BCUT2D eigenvalue weighted by Crippen LogP contribution is 2.35. The first-order valence-electron chi connectivity index (χ1n) is 6.93. The molecule has 0 spiro atoms. The van der Waals surface area contributed by atoms with Crippen molar-refractivity contribution in [1.82, 2.24) is 24.9 Å². The molecule has 2 heterocycles. The molecule has 132 valence electrons. The Hall–Kier alpha value is -1.36. The number of alkyl halides is 3. The molecule has 0 saturated carbocycles. The van der Waals surface area contributed by atoms with Gasteiger partial charge in [-0.2, -0.15) is 23.4 Å². The first-order chi connectivity index (χ1) is 11.2. The molecule has 0 saturated heterocycles. The number of hydrogen-bond donors (Lipinski definition) is 1. The number of rotatable bonds is 6. The van der Waals surface area contributed by atoms with E-state index in [0.29, 0.717) is 18.8 Å². The second kappa shape index (κ2) is 7.68. The molecule has 0 aromatic carbocycles. The minimum atomic E-state index is -4.53. The fourth-order valence-electron chi connectivity index (χ4n) is 1.99. The van der Waals surface area contributed by atoms with E-state index in [-0.39, 0.29) is 23.3 Å². The van der Waals surface area contributed by atoms with Crippen LogP contribution in [-0.2, 0) is 24.1 Å². The maximum atomic E-state index is 12.8. The molecule has 0 bridgehead atoms. The van der Waals surface area contributed by atoms with E-state index in [1.807, 2.05) is 0 Å². The van der Waals surface area contributed by atoms with Crippen molar-refractivity contribution in [1.29, 1.82) is 0 Å². The molecule has 2 aromatic heterocycles. The van der Waals surface area contributed by atoms with Gasteiger partial charge >= 0.3 is 6.18 Å². The van der Waals surface area contributed by atoms with Gasteiger partial charge < -0.3 is 5.32 Å². The lowest BCUT2D eigenvalue weighted by atomic mass is 10.3. The summed E-state index contributed by atoms with van der Waals surface area (Å²) in [6.45, 7) is 2.46. The minimum Gasteiger partial charge on any atom is -0.354 e. The Bertz CT molecular complexity index is 726. The Labute approximate surface area is 152 Å². The standard InChI is InChI=1S/C13H14Br2F3N5O/c1-8-11(15)12(13(16,17)18)21-23(8)4-2-10(24)19-3-5-22-7-9(14)6-20-22/h6-7H,2-5H2,1H3,(H,19,24). The molecule has 6 nitrogen and oxygen atoms in total. The number of carbonyl (C=O) groups is 1. The number of nitrogens with zero attached hydrogens (tertiary/aromatic N) is 4. The molecule has 0 atom stereocenters. The summed E-state index contributed by atoms with van der Waals surface area (Å²) in [5, 5.41) is 10.3. The third kappa shape index (κ3) is 4.82. The molecule has 0 aliphatic rings. The molecule has 0 aliphatic heterocycles. The first-order valence-corrected chi connectivity index (χ1v) is 8.52. The van der Waals surface area contributed by atoms with Crippen LogP contribution in [0.2, 0.25) is 0 Å². The molecule has 0 aliphatic carbocycles. The van der Waals surface area contributed by atoms with E-state index in [0.717, 1.165) is 4.47 Å². The van der Waals surface area contributed by atoms with E-state index in [4.69, 9.17) is 0 Å². The summed E-state index contributed by atoms with van der Waals surface area (Å²) >= 11 is 6.16. The van der Waals surface area contributed by atoms with Crippen molar-refractivity contribution >= 4 is 37.8 Å². The lowest BCUT2D eigenvalue weighted by Gasteiger charge is -2.07. The van der Waals surface area contributed by atoms with Crippen LogP contribution in [0.3, 0.4) is 0 Å². The Morgan fingerprint density at radius 2 is 2.04 bits per heavy atom. The lowest BCUT2D eigenvalue weighted by Crippen LogP contribution is -2.28. The number of aryl methyl sites for hydroxylation is 1. The van der Waals surface area contributed by atoms with Crippen LogP contribution >= 0.6 is 31.9 Å². The smallest absolute Gasteiger partial charge is 0.354 e. The summed E-state index contributed by atoms with van der Waals surface area (Å²) in [7, 11) is 0.